The Balaban J connectivity index is 2.88. The molecule has 2 nitrogen and oxygen atoms in total. The van der Waals surface area contributed by atoms with Crippen molar-refractivity contribution in [3.63, 3.8) is 0 Å². The maximum absolute atomic E-state index is 13.4. The van der Waals surface area contributed by atoms with Crippen molar-refractivity contribution in [1.29, 1.82) is 0 Å². The number of carbonyl (C=O) groups is 1. The van der Waals surface area contributed by atoms with Gasteiger partial charge in [-0.1, -0.05) is 11.6 Å². The van der Waals surface area contributed by atoms with Crippen molar-refractivity contribution in [2.75, 3.05) is 0 Å². The number of benzene rings is 1. The highest BCUT2D eigenvalue weighted by Crippen LogP contribution is 2.34. The second kappa shape index (κ2) is 3.47. The van der Waals surface area contributed by atoms with Gasteiger partial charge in [-0.05, 0) is 24.6 Å². The van der Waals surface area contributed by atoms with E-state index < -0.39 is 11.8 Å². The van der Waals surface area contributed by atoms with Gasteiger partial charge < -0.3 is 5.11 Å². The molecule has 2 rings (SSSR count). The van der Waals surface area contributed by atoms with Crippen molar-refractivity contribution in [2.24, 2.45) is 0 Å². The number of hydrogen-bond acceptors (Lipinski definition) is 2. The Kier molecular flexibility index (Phi) is 2.40. The number of fused-ring (bicyclic) bond motifs is 1. The fourth-order valence-electron chi connectivity index (χ4n) is 1.45. The van der Waals surface area contributed by atoms with E-state index in [-0.39, 0.29) is 9.90 Å². The molecule has 0 radical (unpaired) electrons. The topological polar surface area (TPSA) is 37.3 Å². The van der Waals surface area contributed by atoms with Crippen LogP contribution in [0.1, 0.15) is 15.2 Å². The van der Waals surface area contributed by atoms with Gasteiger partial charge in [0.05, 0.1) is 4.70 Å². The molecule has 0 aliphatic rings. The number of aromatic carboxylic acids is 1. The van der Waals surface area contributed by atoms with Crippen molar-refractivity contribution in [3.05, 3.63) is 33.4 Å². The smallest absolute Gasteiger partial charge is 0.346 e. The highest BCUT2D eigenvalue weighted by atomic mass is 35.5. The number of carboxylic acid groups (broad SMARTS) is 1. The monoisotopic (exact) mass is 244 g/mol. The van der Waals surface area contributed by atoms with E-state index in [1.165, 1.54) is 6.07 Å². The van der Waals surface area contributed by atoms with Gasteiger partial charge in [-0.15, -0.1) is 11.3 Å². The van der Waals surface area contributed by atoms with Crippen molar-refractivity contribution in [2.45, 2.75) is 6.92 Å². The Hall–Kier alpha value is -1.13. The molecular weight excluding hydrogens is 239 g/mol. The summed E-state index contributed by atoms with van der Waals surface area (Å²) in [5, 5.41) is 9.73. The van der Waals surface area contributed by atoms with Crippen LogP contribution >= 0.6 is 22.9 Å². The molecule has 0 saturated heterocycles. The predicted octanol–water partition coefficient (Wildman–Crippen LogP) is 3.70. The third-order valence-corrected chi connectivity index (χ3v) is 3.67. The summed E-state index contributed by atoms with van der Waals surface area (Å²) in [6, 6.07) is 2.77. The molecule has 1 heterocycles. The normalized spacial score (nSPS) is 10.9. The lowest BCUT2D eigenvalue weighted by Gasteiger charge is -1.95. The summed E-state index contributed by atoms with van der Waals surface area (Å²) in [5.41, 5.74) is 0.559. The summed E-state index contributed by atoms with van der Waals surface area (Å²) in [4.78, 5) is 11.0. The van der Waals surface area contributed by atoms with E-state index in [2.05, 4.69) is 0 Å². The van der Waals surface area contributed by atoms with Crippen LogP contribution in [0, 0.1) is 12.7 Å². The lowest BCUT2D eigenvalue weighted by atomic mass is 10.1. The van der Waals surface area contributed by atoms with Crippen LogP contribution in [0.2, 0.25) is 5.02 Å². The predicted molar refractivity (Wildman–Crippen MR) is 58.5 cm³/mol. The van der Waals surface area contributed by atoms with Crippen molar-refractivity contribution in [1.82, 2.24) is 0 Å². The molecule has 5 heteroatoms. The molecule has 1 aromatic carbocycles. The molecule has 1 N–H and O–H groups in total. The molecule has 0 atom stereocenters. The minimum absolute atomic E-state index is 0.158. The summed E-state index contributed by atoms with van der Waals surface area (Å²) < 4.78 is 13.8. The average Bonchev–Trinajstić information content (AvgIpc) is 2.44. The lowest BCUT2D eigenvalue weighted by Crippen LogP contribution is -1.93. The summed E-state index contributed by atoms with van der Waals surface area (Å²) in [7, 11) is 0. The summed E-state index contributed by atoms with van der Waals surface area (Å²) in [6.45, 7) is 1.65. The fraction of sp³-hybridized carbons (Fsp3) is 0.100. The maximum atomic E-state index is 13.4. The minimum atomic E-state index is -1.04. The molecule has 0 amide bonds. The van der Waals surface area contributed by atoms with Crippen molar-refractivity contribution < 1.29 is 14.3 Å². The maximum Gasteiger partial charge on any atom is 0.346 e. The molecule has 0 saturated carbocycles. The van der Waals surface area contributed by atoms with Crippen molar-refractivity contribution in [3.8, 4) is 0 Å². The SMILES string of the molecule is Cc1c(C(=O)O)sc2c(F)cc(Cl)cc12. The Morgan fingerprint density at radius 2 is 2.20 bits per heavy atom. The molecule has 0 spiro atoms. The van der Waals surface area contributed by atoms with Crippen LogP contribution < -0.4 is 0 Å². The van der Waals surface area contributed by atoms with Gasteiger partial charge in [0.25, 0.3) is 0 Å². The number of aryl methyl sites for hydroxylation is 1. The Bertz CT molecular complexity index is 562. The van der Waals surface area contributed by atoms with Gasteiger partial charge in [0.1, 0.15) is 10.7 Å². The van der Waals surface area contributed by atoms with E-state index in [1.807, 2.05) is 0 Å². The van der Waals surface area contributed by atoms with E-state index >= 15 is 0 Å². The molecule has 2 aromatic rings. The van der Waals surface area contributed by atoms with Gasteiger partial charge in [-0.2, -0.15) is 0 Å². The van der Waals surface area contributed by atoms with E-state index in [1.54, 1.807) is 13.0 Å². The van der Waals surface area contributed by atoms with Crippen LogP contribution in [0.3, 0.4) is 0 Å². The van der Waals surface area contributed by atoms with Crippen LogP contribution in [0.4, 0.5) is 4.39 Å². The number of rotatable bonds is 1. The molecule has 1 aromatic heterocycles. The number of hydrogen-bond donors (Lipinski definition) is 1. The first-order valence-electron chi connectivity index (χ1n) is 4.12. The molecule has 0 fully saturated rings. The second-order valence-corrected chi connectivity index (χ2v) is 4.58. The third kappa shape index (κ3) is 1.60. The first kappa shape index (κ1) is 10.4. The second-order valence-electron chi connectivity index (χ2n) is 3.13. The number of carboxylic acids is 1. The van der Waals surface area contributed by atoms with E-state index in [0.29, 0.717) is 15.6 Å². The third-order valence-electron chi connectivity index (χ3n) is 2.15. The van der Waals surface area contributed by atoms with Gasteiger partial charge >= 0.3 is 5.97 Å². The molecule has 0 aliphatic carbocycles. The largest absolute Gasteiger partial charge is 0.477 e. The number of halogens is 2. The molecular formula is C10H6ClFO2S. The van der Waals surface area contributed by atoms with Crippen LogP contribution in [-0.2, 0) is 0 Å². The summed E-state index contributed by atoms with van der Waals surface area (Å²) in [6.07, 6.45) is 0. The van der Waals surface area contributed by atoms with Crippen LogP contribution in [0.15, 0.2) is 12.1 Å². The van der Waals surface area contributed by atoms with Gasteiger partial charge in [0.2, 0.25) is 0 Å². The zero-order chi connectivity index (χ0) is 11.2. The number of thiophene rings is 1. The summed E-state index contributed by atoms with van der Waals surface area (Å²) in [5.74, 6) is -1.51. The first-order valence-corrected chi connectivity index (χ1v) is 5.31. The Labute approximate surface area is 93.9 Å². The van der Waals surface area contributed by atoms with Crippen molar-refractivity contribution >= 4 is 39.0 Å². The minimum Gasteiger partial charge on any atom is -0.477 e. The van der Waals surface area contributed by atoms with Gasteiger partial charge in [-0.3, -0.25) is 0 Å². The Morgan fingerprint density at radius 1 is 1.53 bits per heavy atom. The molecule has 78 valence electrons. The van der Waals surface area contributed by atoms with Crippen LogP contribution in [-0.4, -0.2) is 11.1 Å². The molecule has 15 heavy (non-hydrogen) atoms. The van der Waals surface area contributed by atoms with Gasteiger partial charge in [0, 0.05) is 10.4 Å². The first-order chi connectivity index (χ1) is 7.00. The molecule has 0 unspecified atom stereocenters. The van der Waals surface area contributed by atoms with Crippen LogP contribution in [0.5, 0.6) is 0 Å². The molecule has 0 bridgehead atoms. The Morgan fingerprint density at radius 3 is 2.80 bits per heavy atom. The van der Waals surface area contributed by atoms with Gasteiger partial charge in [-0.25, -0.2) is 9.18 Å². The van der Waals surface area contributed by atoms with E-state index in [4.69, 9.17) is 16.7 Å². The standard InChI is InChI=1S/C10H6ClFO2S/c1-4-6-2-5(11)3-7(12)9(6)15-8(4)10(13)14/h2-3H,1H3,(H,13,14). The fourth-order valence-corrected chi connectivity index (χ4v) is 2.69. The van der Waals surface area contributed by atoms with E-state index in [9.17, 15) is 9.18 Å². The highest BCUT2D eigenvalue weighted by molar-refractivity contribution is 7.21. The lowest BCUT2D eigenvalue weighted by molar-refractivity contribution is 0.0701. The van der Waals surface area contributed by atoms with Crippen LogP contribution in [0.25, 0.3) is 10.1 Å². The quantitative estimate of drug-likeness (QED) is 0.831. The highest BCUT2D eigenvalue weighted by Gasteiger charge is 2.17. The zero-order valence-corrected chi connectivity index (χ0v) is 9.25. The van der Waals surface area contributed by atoms with E-state index in [0.717, 1.165) is 11.3 Å². The van der Waals surface area contributed by atoms with Gasteiger partial charge in [0.15, 0.2) is 0 Å². The zero-order valence-electron chi connectivity index (χ0n) is 7.67. The summed E-state index contributed by atoms with van der Waals surface area (Å²) >= 11 is 6.64. The molecule has 0 aliphatic heterocycles. The average molecular weight is 245 g/mol.